The Morgan fingerprint density at radius 3 is 2.74 bits per heavy atom. The monoisotopic (exact) mass is 330 g/mol. The van der Waals surface area contributed by atoms with Crippen LogP contribution in [0.4, 0.5) is 4.39 Å². The molecular formula is C18H19FN2OS. The Morgan fingerprint density at radius 2 is 2.13 bits per heavy atom. The molecule has 0 N–H and O–H groups in total. The van der Waals surface area contributed by atoms with Crippen molar-refractivity contribution in [3.8, 4) is 17.4 Å². The molecule has 0 spiro atoms. The fourth-order valence-electron chi connectivity index (χ4n) is 2.95. The molecule has 1 aliphatic rings. The molecule has 1 aliphatic heterocycles. The van der Waals surface area contributed by atoms with E-state index in [1.165, 1.54) is 0 Å². The van der Waals surface area contributed by atoms with Crippen molar-refractivity contribution in [2.24, 2.45) is 0 Å². The molecule has 2 unspecified atom stereocenters. The normalized spacial score (nSPS) is 25.2. The summed E-state index contributed by atoms with van der Waals surface area (Å²) in [6.07, 6.45) is 1.32. The van der Waals surface area contributed by atoms with Gasteiger partial charge in [-0.3, -0.25) is 4.90 Å². The molecular weight excluding hydrogens is 311 g/mol. The maximum Gasteiger partial charge on any atom is 0.133 e. The number of rotatable bonds is 4. The predicted octanol–water partition coefficient (Wildman–Crippen LogP) is 4.07. The molecule has 1 saturated heterocycles. The highest BCUT2D eigenvalue weighted by Gasteiger charge is 2.40. The smallest absolute Gasteiger partial charge is 0.133 e. The van der Waals surface area contributed by atoms with Crippen molar-refractivity contribution >= 4 is 12.6 Å². The number of nitrogens with zero attached hydrogens (tertiary/aromatic N) is 2. The van der Waals surface area contributed by atoms with Crippen LogP contribution in [0.1, 0.15) is 18.4 Å². The third kappa shape index (κ3) is 3.60. The zero-order valence-electron chi connectivity index (χ0n) is 12.8. The van der Waals surface area contributed by atoms with Crippen LogP contribution in [0, 0.1) is 11.3 Å². The quantitative estimate of drug-likeness (QED) is 0.859. The molecule has 3 nitrogen and oxygen atoms in total. The Bertz CT molecular complexity index is 680. The number of nitriles is 1. The summed E-state index contributed by atoms with van der Waals surface area (Å²) in [6, 6.07) is 14.0. The molecule has 120 valence electrons. The van der Waals surface area contributed by atoms with Crippen LogP contribution in [-0.2, 0) is 6.54 Å². The predicted molar refractivity (Wildman–Crippen MR) is 90.9 cm³/mol. The van der Waals surface area contributed by atoms with Gasteiger partial charge < -0.3 is 4.42 Å². The number of halogens is 1. The van der Waals surface area contributed by atoms with Crippen molar-refractivity contribution in [2.45, 2.75) is 30.3 Å². The number of hydrogen-bond acceptors (Lipinski definition) is 4. The van der Waals surface area contributed by atoms with Crippen LogP contribution in [0.3, 0.4) is 0 Å². The van der Waals surface area contributed by atoms with Gasteiger partial charge >= 0.3 is 0 Å². The Balaban J connectivity index is 1.61. The zero-order valence-corrected chi connectivity index (χ0v) is 13.7. The maximum atomic E-state index is 14.3. The van der Waals surface area contributed by atoms with Crippen LogP contribution >= 0.6 is 12.6 Å². The van der Waals surface area contributed by atoms with Crippen molar-refractivity contribution in [3.63, 3.8) is 0 Å². The first-order valence-electron chi connectivity index (χ1n) is 7.69. The van der Waals surface area contributed by atoms with Crippen LogP contribution in [0.2, 0.25) is 0 Å². The second-order valence-electron chi connectivity index (χ2n) is 6.07. The number of likely N-dealkylation sites (tertiary alicyclic amines) is 1. The SMILES string of the molecule is N#CCC1(S)CCN(Cc2ccc(-c3ccco3)cc2)CC1F. The van der Waals surface area contributed by atoms with E-state index in [-0.39, 0.29) is 6.42 Å². The summed E-state index contributed by atoms with van der Waals surface area (Å²) in [5.41, 5.74) is 2.17. The molecule has 1 aromatic carbocycles. The molecule has 0 radical (unpaired) electrons. The third-order valence-electron chi connectivity index (χ3n) is 4.41. The molecule has 23 heavy (non-hydrogen) atoms. The van der Waals surface area contributed by atoms with Gasteiger partial charge in [-0.2, -0.15) is 17.9 Å². The Kier molecular flexibility index (Phi) is 4.74. The summed E-state index contributed by atoms with van der Waals surface area (Å²) in [5, 5.41) is 8.82. The van der Waals surface area contributed by atoms with Crippen LogP contribution in [0.15, 0.2) is 47.1 Å². The van der Waals surface area contributed by atoms with Crippen LogP contribution < -0.4 is 0 Å². The van der Waals surface area contributed by atoms with Crippen molar-refractivity contribution in [2.75, 3.05) is 13.1 Å². The molecule has 0 bridgehead atoms. The second kappa shape index (κ2) is 6.77. The van der Waals surface area contributed by atoms with Crippen molar-refractivity contribution in [3.05, 3.63) is 48.2 Å². The molecule has 1 fully saturated rings. The minimum absolute atomic E-state index is 0.156. The average Bonchev–Trinajstić information content (AvgIpc) is 3.07. The van der Waals surface area contributed by atoms with E-state index in [0.717, 1.165) is 23.4 Å². The number of furan rings is 1. The van der Waals surface area contributed by atoms with E-state index in [1.54, 1.807) is 6.26 Å². The standard InChI is InChI=1S/C18H19FN2OS/c19-17-13-21(10-8-18(17,23)7-9-20)12-14-3-5-15(6-4-14)16-2-1-11-22-16/h1-6,11,17,23H,7-8,10,12-13H2. The lowest BCUT2D eigenvalue weighted by Crippen LogP contribution is -2.49. The van der Waals surface area contributed by atoms with Gasteiger partial charge in [0, 0.05) is 25.2 Å². The first kappa shape index (κ1) is 16.1. The van der Waals surface area contributed by atoms with E-state index in [9.17, 15) is 4.39 Å². The summed E-state index contributed by atoms with van der Waals surface area (Å²) in [6.45, 7) is 1.78. The lowest BCUT2D eigenvalue weighted by Gasteiger charge is -2.40. The van der Waals surface area contributed by atoms with Gasteiger partial charge in [0.15, 0.2) is 0 Å². The molecule has 5 heteroatoms. The Morgan fingerprint density at radius 1 is 1.35 bits per heavy atom. The summed E-state index contributed by atoms with van der Waals surface area (Å²) >= 11 is 4.40. The topological polar surface area (TPSA) is 40.2 Å². The van der Waals surface area contributed by atoms with Gasteiger partial charge in [0.25, 0.3) is 0 Å². The van der Waals surface area contributed by atoms with Crippen molar-refractivity contribution in [1.82, 2.24) is 4.90 Å². The number of benzene rings is 1. The van der Waals surface area contributed by atoms with E-state index in [1.807, 2.05) is 42.5 Å². The van der Waals surface area contributed by atoms with Gasteiger partial charge in [0.05, 0.1) is 23.5 Å². The van der Waals surface area contributed by atoms with Crippen LogP contribution in [-0.4, -0.2) is 28.9 Å². The van der Waals surface area contributed by atoms with Crippen molar-refractivity contribution in [1.29, 1.82) is 5.26 Å². The second-order valence-corrected chi connectivity index (χ2v) is 6.96. The Hall–Kier alpha value is -1.77. The lowest BCUT2D eigenvalue weighted by molar-refractivity contribution is 0.101. The van der Waals surface area contributed by atoms with Gasteiger partial charge in [0.2, 0.25) is 0 Å². The fourth-order valence-corrected chi connectivity index (χ4v) is 3.20. The maximum absolute atomic E-state index is 14.3. The zero-order chi connectivity index (χ0) is 16.3. The first-order chi connectivity index (χ1) is 11.1. The minimum atomic E-state index is -1.08. The van der Waals surface area contributed by atoms with Gasteiger partial charge in [-0.1, -0.05) is 24.3 Å². The molecule has 0 saturated carbocycles. The first-order valence-corrected chi connectivity index (χ1v) is 8.14. The molecule has 1 aromatic heterocycles. The molecule has 3 rings (SSSR count). The number of alkyl halides is 1. The number of piperidine rings is 1. The fraction of sp³-hybridized carbons (Fsp3) is 0.389. The molecule has 0 aliphatic carbocycles. The highest BCUT2D eigenvalue weighted by molar-refractivity contribution is 7.81. The summed E-state index contributed by atoms with van der Waals surface area (Å²) in [7, 11) is 0. The summed E-state index contributed by atoms with van der Waals surface area (Å²) in [5.74, 6) is 0.842. The van der Waals surface area contributed by atoms with Crippen LogP contribution in [0.5, 0.6) is 0 Å². The van der Waals surface area contributed by atoms with E-state index in [2.05, 4.69) is 17.5 Å². The largest absolute Gasteiger partial charge is 0.464 e. The van der Waals surface area contributed by atoms with E-state index in [4.69, 9.17) is 9.68 Å². The molecule has 2 heterocycles. The van der Waals surface area contributed by atoms with Gasteiger partial charge in [-0.05, 0) is 24.1 Å². The molecule has 2 atom stereocenters. The van der Waals surface area contributed by atoms with Gasteiger partial charge in [0.1, 0.15) is 11.9 Å². The Labute approximate surface area is 141 Å². The number of hydrogen-bond donors (Lipinski definition) is 1. The summed E-state index contributed by atoms with van der Waals surface area (Å²) < 4.78 is 18.9. The van der Waals surface area contributed by atoms with E-state index >= 15 is 0 Å². The highest BCUT2D eigenvalue weighted by Crippen LogP contribution is 2.34. The highest BCUT2D eigenvalue weighted by atomic mass is 32.1. The number of thiol groups is 1. The van der Waals surface area contributed by atoms with E-state index in [0.29, 0.717) is 19.5 Å². The molecule has 0 amide bonds. The van der Waals surface area contributed by atoms with Crippen LogP contribution in [0.25, 0.3) is 11.3 Å². The van der Waals surface area contributed by atoms with Gasteiger partial charge in [-0.15, -0.1) is 0 Å². The average molecular weight is 330 g/mol. The third-order valence-corrected chi connectivity index (χ3v) is 5.08. The lowest BCUT2D eigenvalue weighted by atomic mass is 9.91. The van der Waals surface area contributed by atoms with E-state index < -0.39 is 10.9 Å². The van der Waals surface area contributed by atoms with Crippen molar-refractivity contribution < 1.29 is 8.81 Å². The summed E-state index contributed by atoms with van der Waals surface area (Å²) in [4.78, 5) is 2.08. The van der Waals surface area contributed by atoms with Gasteiger partial charge in [-0.25, -0.2) is 4.39 Å². The minimum Gasteiger partial charge on any atom is -0.464 e. The molecule has 2 aromatic rings.